The summed E-state index contributed by atoms with van der Waals surface area (Å²) >= 11 is 6.84. The first-order valence-corrected chi connectivity index (χ1v) is 6.03. The molecule has 2 nitrogen and oxygen atoms in total. The van der Waals surface area contributed by atoms with Crippen LogP contribution in [0.25, 0.3) is 0 Å². The molecule has 0 amide bonds. The van der Waals surface area contributed by atoms with Gasteiger partial charge in [0.1, 0.15) is 10.8 Å². The molecule has 1 aliphatic rings. The average Bonchev–Trinajstić information content (AvgIpc) is 2.65. The molecule has 0 saturated heterocycles. The van der Waals surface area contributed by atoms with E-state index in [0.29, 0.717) is 10.7 Å². The molecule has 0 fully saturated rings. The number of benzene rings is 1. The quantitative estimate of drug-likeness (QED) is 0.697. The van der Waals surface area contributed by atoms with Crippen LogP contribution >= 0.6 is 23.6 Å². The Bertz CT molecular complexity index is 577. The van der Waals surface area contributed by atoms with Crippen LogP contribution in [-0.4, -0.2) is 4.99 Å². The van der Waals surface area contributed by atoms with E-state index in [0.717, 1.165) is 16.9 Å². The molecule has 0 atom stereocenters. The van der Waals surface area contributed by atoms with Crippen molar-refractivity contribution in [2.45, 2.75) is 0 Å². The van der Waals surface area contributed by atoms with Crippen molar-refractivity contribution in [3.8, 4) is 0 Å². The lowest BCUT2D eigenvalue weighted by atomic mass is 10.2. The largest absolute Gasteiger partial charge is 0.353 e. The number of thiocarbonyl (C=S) groups is 1. The van der Waals surface area contributed by atoms with Gasteiger partial charge in [0.05, 0.1) is 17.1 Å². The average molecular weight is 250 g/mol. The molecule has 1 aromatic heterocycles. The van der Waals surface area contributed by atoms with Gasteiger partial charge >= 0.3 is 0 Å². The molecule has 0 aliphatic carbocycles. The molecule has 0 radical (unpaired) electrons. The highest BCUT2D eigenvalue weighted by molar-refractivity contribution is 7.81. The number of rotatable bonds is 0. The van der Waals surface area contributed by atoms with Gasteiger partial charge in [0.2, 0.25) is 0 Å². The summed E-state index contributed by atoms with van der Waals surface area (Å²) in [5.74, 6) is -0.278. The van der Waals surface area contributed by atoms with E-state index in [2.05, 4.69) is 10.6 Å². The Kier molecular flexibility index (Phi) is 2.15. The molecule has 1 aliphatic heterocycles. The third kappa shape index (κ3) is 1.48. The molecule has 5 heteroatoms. The number of thiophene rings is 1. The summed E-state index contributed by atoms with van der Waals surface area (Å²) in [5, 5.41) is 10.2. The highest BCUT2D eigenvalue weighted by atomic mass is 32.1. The van der Waals surface area contributed by atoms with Crippen molar-refractivity contribution >= 4 is 45.6 Å². The van der Waals surface area contributed by atoms with Crippen LogP contribution in [0.1, 0.15) is 5.56 Å². The molecule has 2 aromatic rings. The van der Waals surface area contributed by atoms with Crippen molar-refractivity contribution in [3.63, 3.8) is 0 Å². The van der Waals surface area contributed by atoms with Gasteiger partial charge in [-0.05, 0) is 18.2 Å². The summed E-state index contributed by atoms with van der Waals surface area (Å²) in [4.78, 5) is 0.619. The van der Waals surface area contributed by atoms with Gasteiger partial charge in [-0.3, -0.25) is 0 Å². The fraction of sp³-hybridized carbons (Fsp3) is 0. The minimum Gasteiger partial charge on any atom is -0.353 e. The second kappa shape index (κ2) is 3.54. The summed E-state index contributed by atoms with van der Waals surface area (Å²) in [6, 6.07) is 4.56. The second-order valence-electron chi connectivity index (χ2n) is 3.47. The third-order valence-electron chi connectivity index (χ3n) is 2.41. The molecule has 0 bridgehead atoms. The first-order chi connectivity index (χ1) is 7.74. The fourth-order valence-electron chi connectivity index (χ4n) is 1.63. The van der Waals surface area contributed by atoms with Crippen molar-refractivity contribution in [2.75, 3.05) is 10.6 Å². The van der Waals surface area contributed by atoms with Gasteiger partial charge in [0, 0.05) is 16.3 Å². The van der Waals surface area contributed by atoms with Crippen LogP contribution in [-0.2, 0) is 0 Å². The number of anilines is 3. The van der Waals surface area contributed by atoms with E-state index in [4.69, 9.17) is 12.2 Å². The minimum absolute atomic E-state index is 0.278. The maximum absolute atomic E-state index is 13.1. The summed E-state index contributed by atoms with van der Waals surface area (Å²) < 4.78 is 13.1. The van der Waals surface area contributed by atoms with E-state index in [1.54, 1.807) is 17.4 Å². The van der Waals surface area contributed by atoms with E-state index in [-0.39, 0.29) is 5.82 Å². The van der Waals surface area contributed by atoms with Gasteiger partial charge < -0.3 is 10.6 Å². The summed E-state index contributed by atoms with van der Waals surface area (Å²) in [7, 11) is 0. The third-order valence-corrected chi connectivity index (χ3v) is 3.47. The Hall–Kier alpha value is -1.46. The maximum Gasteiger partial charge on any atom is 0.125 e. The molecule has 0 spiro atoms. The normalized spacial score (nSPS) is 13.2. The zero-order valence-electron chi connectivity index (χ0n) is 8.08. The molecule has 3 rings (SSSR count). The number of halogens is 1. The van der Waals surface area contributed by atoms with Crippen LogP contribution in [0.3, 0.4) is 0 Å². The molecule has 0 unspecified atom stereocenters. The summed E-state index contributed by atoms with van der Waals surface area (Å²) in [5.41, 5.74) is 3.43. The monoisotopic (exact) mass is 250 g/mol. The maximum atomic E-state index is 13.1. The first-order valence-electron chi connectivity index (χ1n) is 4.68. The zero-order valence-corrected chi connectivity index (χ0v) is 9.71. The Morgan fingerprint density at radius 3 is 2.81 bits per heavy atom. The molecule has 80 valence electrons. The van der Waals surface area contributed by atoms with Gasteiger partial charge in [-0.2, -0.15) is 0 Å². The molecule has 2 heterocycles. The van der Waals surface area contributed by atoms with Crippen LogP contribution in [0.4, 0.5) is 21.5 Å². The highest BCUT2D eigenvalue weighted by Gasteiger charge is 2.16. The van der Waals surface area contributed by atoms with Crippen molar-refractivity contribution < 1.29 is 4.39 Å². The van der Waals surface area contributed by atoms with E-state index >= 15 is 0 Å². The fourth-order valence-corrected chi connectivity index (χ4v) is 2.76. The van der Waals surface area contributed by atoms with Crippen LogP contribution in [0.5, 0.6) is 0 Å². The lowest BCUT2D eigenvalue weighted by Crippen LogP contribution is -2.08. The van der Waals surface area contributed by atoms with Crippen LogP contribution < -0.4 is 10.6 Å². The smallest absolute Gasteiger partial charge is 0.125 e. The van der Waals surface area contributed by atoms with Gasteiger partial charge in [-0.1, -0.05) is 12.2 Å². The van der Waals surface area contributed by atoms with E-state index < -0.39 is 0 Å². The standard InChI is InChI=1S/C11H7FN2S2/c12-6-1-2-8-9(3-6)14-11(15)7-4-16-5-10(7)13-8/h1-5,13H,(H,14,15). The summed E-state index contributed by atoms with van der Waals surface area (Å²) in [6.07, 6.45) is 0. The van der Waals surface area contributed by atoms with E-state index in [1.807, 2.05) is 10.8 Å². The van der Waals surface area contributed by atoms with Crippen molar-refractivity contribution in [2.24, 2.45) is 0 Å². The van der Waals surface area contributed by atoms with E-state index in [9.17, 15) is 4.39 Å². The van der Waals surface area contributed by atoms with Crippen LogP contribution in [0.15, 0.2) is 29.0 Å². The highest BCUT2D eigenvalue weighted by Crippen LogP contribution is 2.34. The number of hydrogen-bond donors (Lipinski definition) is 2. The zero-order chi connectivity index (χ0) is 11.1. The lowest BCUT2D eigenvalue weighted by molar-refractivity contribution is 0.628. The second-order valence-corrected chi connectivity index (χ2v) is 4.62. The van der Waals surface area contributed by atoms with Crippen LogP contribution in [0.2, 0.25) is 0 Å². The predicted molar refractivity (Wildman–Crippen MR) is 69.3 cm³/mol. The molecular weight excluding hydrogens is 243 g/mol. The molecule has 0 saturated carbocycles. The summed E-state index contributed by atoms with van der Waals surface area (Å²) in [6.45, 7) is 0. The lowest BCUT2D eigenvalue weighted by Gasteiger charge is -2.07. The van der Waals surface area contributed by atoms with Gasteiger partial charge in [0.25, 0.3) is 0 Å². The molecule has 2 N–H and O–H groups in total. The number of nitrogens with one attached hydrogen (secondary N) is 2. The Morgan fingerprint density at radius 2 is 1.94 bits per heavy atom. The minimum atomic E-state index is -0.278. The van der Waals surface area contributed by atoms with Crippen molar-refractivity contribution in [1.29, 1.82) is 0 Å². The molecular formula is C11H7FN2S2. The Morgan fingerprint density at radius 1 is 1.06 bits per heavy atom. The molecule has 1 aromatic carbocycles. The molecule has 16 heavy (non-hydrogen) atoms. The number of hydrogen-bond acceptors (Lipinski definition) is 3. The number of fused-ring (bicyclic) bond motifs is 2. The van der Waals surface area contributed by atoms with Gasteiger partial charge in [0.15, 0.2) is 0 Å². The van der Waals surface area contributed by atoms with Crippen LogP contribution in [0, 0.1) is 5.82 Å². The van der Waals surface area contributed by atoms with E-state index in [1.165, 1.54) is 12.1 Å². The first kappa shape index (κ1) is 9.74. The SMILES string of the molecule is Fc1ccc2c(c1)NC(=S)c1cscc1N2. The Balaban J connectivity index is 2.16. The topological polar surface area (TPSA) is 24.1 Å². The van der Waals surface area contributed by atoms with Gasteiger partial charge in [-0.15, -0.1) is 11.3 Å². The Labute approximate surface area is 101 Å². The van der Waals surface area contributed by atoms with Gasteiger partial charge in [-0.25, -0.2) is 4.39 Å². The predicted octanol–water partition coefficient (Wildman–Crippen LogP) is 3.73. The van der Waals surface area contributed by atoms with Crippen molar-refractivity contribution in [3.05, 3.63) is 40.3 Å². The van der Waals surface area contributed by atoms with Crippen molar-refractivity contribution in [1.82, 2.24) is 0 Å².